The number of hydrogen-bond donors (Lipinski definition) is 2. The molecule has 0 aromatic heterocycles. The largest absolute Gasteiger partial charge is 0.481 e. The summed E-state index contributed by atoms with van der Waals surface area (Å²) < 4.78 is 57.3. The molecule has 0 saturated carbocycles. The molecule has 0 amide bonds. The minimum atomic E-state index is -3.89. The number of rotatable bonds is 11. The number of nitrogens with zero attached hydrogens (tertiary/aromatic N) is 2. The third-order valence-electron chi connectivity index (χ3n) is 6.63. The summed E-state index contributed by atoms with van der Waals surface area (Å²) in [6, 6.07) is 18.4. The van der Waals surface area contributed by atoms with Crippen LogP contribution in [0.2, 0.25) is 0 Å². The first-order valence-corrected chi connectivity index (χ1v) is 14.5. The van der Waals surface area contributed by atoms with Gasteiger partial charge < -0.3 is 15.0 Å². The SMILES string of the molecule is C#CCOc1ccc(S(=O)(=O)N/N=C\C(=N)CCN2CCC(=C(c3ccc(F)cc3)c3ccc(F)cc3)CC2)cc1. The average Bonchev–Trinajstić information content (AvgIpc) is 2.98. The summed E-state index contributed by atoms with van der Waals surface area (Å²) in [5.74, 6) is 2.16. The van der Waals surface area contributed by atoms with Crippen LogP contribution in [0.1, 0.15) is 30.4 Å². The van der Waals surface area contributed by atoms with Gasteiger partial charge in [-0.3, -0.25) is 0 Å². The van der Waals surface area contributed by atoms with E-state index in [0.29, 0.717) is 18.7 Å². The first-order chi connectivity index (χ1) is 19.7. The molecular formula is C31H30F2N4O3S. The number of sulfonamides is 1. The van der Waals surface area contributed by atoms with E-state index in [2.05, 4.69) is 20.8 Å². The summed E-state index contributed by atoms with van der Waals surface area (Å²) in [6.07, 6.45) is 8.29. The van der Waals surface area contributed by atoms with Crippen molar-refractivity contribution in [2.75, 3.05) is 26.2 Å². The van der Waals surface area contributed by atoms with Gasteiger partial charge in [0.15, 0.2) is 0 Å². The number of nitrogens with one attached hydrogen (secondary N) is 2. The van der Waals surface area contributed by atoms with E-state index >= 15 is 0 Å². The van der Waals surface area contributed by atoms with Gasteiger partial charge in [0.1, 0.15) is 24.0 Å². The Morgan fingerprint density at radius 3 is 2.07 bits per heavy atom. The lowest BCUT2D eigenvalue weighted by Crippen LogP contribution is -2.33. The zero-order valence-corrected chi connectivity index (χ0v) is 23.1. The molecule has 1 aliphatic heterocycles. The highest BCUT2D eigenvalue weighted by Crippen LogP contribution is 2.32. The summed E-state index contributed by atoms with van der Waals surface area (Å²) >= 11 is 0. The number of benzene rings is 3. The first kappa shape index (κ1) is 29.6. The van der Waals surface area contributed by atoms with Crippen molar-refractivity contribution >= 4 is 27.5 Å². The van der Waals surface area contributed by atoms with Crippen molar-refractivity contribution in [3.05, 3.63) is 101 Å². The summed E-state index contributed by atoms with van der Waals surface area (Å²) in [6.45, 7) is 2.23. The fourth-order valence-electron chi connectivity index (χ4n) is 4.51. The zero-order valence-electron chi connectivity index (χ0n) is 22.3. The Bertz CT molecular complexity index is 1500. The van der Waals surface area contributed by atoms with Gasteiger partial charge in [0.2, 0.25) is 0 Å². The molecule has 0 radical (unpaired) electrons. The fourth-order valence-corrected chi connectivity index (χ4v) is 5.31. The Balaban J connectivity index is 1.31. The van der Waals surface area contributed by atoms with Gasteiger partial charge in [-0.15, -0.1) is 6.42 Å². The normalized spacial score (nSPS) is 14.0. The third-order valence-corrected chi connectivity index (χ3v) is 7.86. The number of terminal acetylenes is 1. The molecule has 0 unspecified atom stereocenters. The molecule has 4 rings (SSSR count). The Morgan fingerprint density at radius 1 is 0.976 bits per heavy atom. The molecule has 41 heavy (non-hydrogen) atoms. The predicted octanol–water partition coefficient (Wildman–Crippen LogP) is 5.25. The van der Waals surface area contributed by atoms with Crippen LogP contribution in [0.4, 0.5) is 8.78 Å². The van der Waals surface area contributed by atoms with Crippen molar-refractivity contribution < 1.29 is 21.9 Å². The topological polar surface area (TPSA) is 94.9 Å². The average molecular weight is 577 g/mol. The summed E-state index contributed by atoms with van der Waals surface area (Å²) in [4.78, 5) is 4.36. The molecule has 3 aromatic carbocycles. The Labute approximate surface area is 239 Å². The second kappa shape index (κ2) is 13.8. The van der Waals surface area contributed by atoms with E-state index in [4.69, 9.17) is 16.6 Å². The highest BCUT2D eigenvalue weighted by molar-refractivity contribution is 7.89. The van der Waals surface area contributed by atoms with E-state index in [9.17, 15) is 17.2 Å². The highest BCUT2D eigenvalue weighted by Gasteiger charge is 2.19. The molecule has 10 heteroatoms. The Morgan fingerprint density at radius 2 is 1.54 bits per heavy atom. The van der Waals surface area contributed by atoms with Gasteiger partial charge >= 0.3 is 0 Å². The molecule has 0 aliphatic carbocycles. The maximum Gasteiger partial charge on any atom is 0.276 e. The van der Waals surface area contributed by atoms with Crippen molar-refractivity contribution in [2.24, 2.45) is 5.10 Å². The molecule has 1 aliphatic rings. The van der Waals surface area contributed by atoms with Crippen molar-refractivity contribution in [3.8, 4) is 18.1 Å². The lowest BCUT2D eigenvalue weighted by atomic mass is 9.88. The standard InChI is InChI=1S/C31H30F2N4O3S/c1-2-21-40-29-11-13-30(14-12-29)41(38,39)36-35-22-28(34)17-20-37-18-15-25(16-19-37)31(23-3-7-26(32)8-4-23)24-5-9-27(33)10-6-24/h1,3-14,22,34,36H,15-21H2/b34-28?,35-22-. The molecule has 0 atom stereocenters. The second-order valence-corrected chi connectivity index (χ2v) is 11.1. The lowest BCUT2D eigenvalue weighted by Gasteiger charge is -2.30. The number of ether oxygens (including phenoxy) is 1. The van der Waals surface area contributed by atoms with Crippen LogP contribution in [-0.2, 0) is 10.0 Å². The fraction of sp³-hybridized carbons (Fsp3) is 0.226. The minimum Gasteiger partial charge on any atom is -0.481 e. The summed E-state index contributed by atoms with van der Waals surface area (Å²) in [5, 5.41) is 11.9. The van der Waals surface area contributed by atoms with Gasteiger partial charge in [0, 0.05) is 26.1 Å². The summed E-state index contributed by atoms with van der Waals surface area (Å²) in [7, 11) is -3.89. The lowest BCUT2D eigenvalue weighted by molar-refractivity contribution is 0.264. The Hall–Kier alpha value is -4.33. The van der Waals surface area contributed by atoms with Gasteiger partial charge in [-0.05, 0) is 78.1 Å². The number of halogens is 2. The quantitative estimate of drug-likeness (QED) is 0.185. The van der Waals surface area contributed by atoms with Crippen LogP contribution in [0.3, 0.4) is 0 Å². The second-order valence-electron chi connectivity index (χ2n) is 9.43. The van der Waals surface area contributed by atoms with E-state index in [0.717, 1.165) is 42.6 Å². The van der Waals surface area contributed by atoms with E-state index in [1.807, 2.05) is 0 Å². The molecule has 0 bridgehead atoms. The van der Waals surface area contributed by atoms with Crippen molar-refractivity contribution in [1.29, 1.82) is 5.41 Å². The van der Waals surface area contributed by atoms with E-state index in [1.54, 1.807) is 24.3 Å². The smallest absolute Gasteiger partial charge is 0.276 e. The molecule has 1 saturated heterocycles. The predicted molar refractivity (Wildman–Crippen MR) is 156 cm³/mol. The third kappa shape index (κ3) is 8.33. The van der Waals surface area contributed by atoms with E-state index in [-0.39, 0.29) is 28.8 Å². The van der Waals surface area contributed by atoms with Crippen LogP contribution in [0, 0.1) is 29.4 Å². The van der Waals surface area contributed by atoms with Crippen molar-refractivity contribution in [1.82, 2.24) is 9.73 Å². The van der Waals surface area contributed by atoms with E-state index < -0.39 is 10.0 Å². The Kier molecular flexibility index (Phi) is 10.0. The van der Waals surface area contributed by atoms with Gasteiger partial charge in [0.25, 0.3) is 10.0 Å². The van der Waals surface area contributed by atoms with E-state index in [1.165, 1.54) is 60.3 Å². The van der Waals surface area contributed by atoms with Crippen molar-refractivity contribution in [2.45, 2.75) is 24.2 Å². The molecule has 0 spiro atoms. The minimum absolute atomic E-state index is 0.00653. The molecule has 1 heterocycles. The van der Waals surface area contributed by atoms with Crippen LogP contribution in [0.25, 0.3) is 5.57 Å². The van der Waals surface area contributed by atoms with Crippen LogP contribution >= 0.6 is 0 Å². The van der Waals surface area contributed by atoms with Gasteiger partial charge in [-0.2, -0.15) is 13.5 Å². The zero-order chi connectivity index (χ0) is 29.2. The molecule has 3 aromatic rings. The molecular weight excluding hydrogens is 546 g/mol. The molecule has 212 valence electrons. The number of piperidine rings is 1. The molecule has 1 fully saturated rings. The maximum absolute atomic E-state index is 13.6. The van der Waals surface area contributed by atoms with Crippen LogP contribution in [0.15, 0.2) is 88.4 Å². The summed E-state index contributed by atoms with van der Waals surface area (Å²) in [5.41, 5.74) is 4.16. The highest BCUT2D eigenvalue weighted by atomic mass is 32.2. The number of hydrazone groups is 1. The molecule has 7 nitrogen and oxygen atoms in total. The monoisotopic (exact) mass is 576 g/mol. The van der Waals surface area contributed by atoms with Gasteiger partial charge in [-0.25, -0.2) is 13.6 Å². The molecule has 2 N–H and O–H groups in total. The number of likely N-dealkylation sites (tertiary alicyclic amines) is 1. The van der Waals surface area contributed by atoms with Gasteiger partial charge in [0.05, 0.1) is 16.8 Å². The maximum atomic E-state index is 13.6. The first-order valence-electron chi connectivity index (χ1n) is 13.0. The van der Waals surface area contributed by atoms with Crippen LogP contribution in [-0.4, -0.2) is 51.5 Å². The van der Waals surface area contributed by atoms with Gasteiger partial charge in [-0.1, -0.05) is 35.8 Å². The van der Waals surface area contributed by atoms with Crippen molar-refractivity contribution in [3.63, 3.8) is 0 Å². The van der Waals surface area contributed by atoms with Crippen LogP contribution in [0.5, 0.6) is 5.75 Å². The van der Waals surface area contributed by atoms with Crippen LogP contribution < -0.4 is 9.57 Å². The number of hydrogen-bond acceptors (Lipinski definition) is 6.